The van der Waals surface area contributed by atoms with Crippen LogP contribution in [-0.2, 0) is 0 Å². The summed E-state index contributed by atoms with van der Waals surface area (Å²) in [5.41, 5.74) is 0. The Morgan fingerprint density at radius 2 is 1.87 bits per heavy atom. The van der Waals surface area contributed by atoms with E-state index in [0.29, 0.717) is 6.04 Å². The molecule has 1 saturated carbocycles. The van der Waals surface area contributed by atoms with Crippen molar-refractivity contribution in [1.29, 1.82) is 0 Å². The SMILES string of the molecule is CCN(C(C)CC(C)NC)C1CCCC1. The molecule has 0 aromatic heterocycles. The van der Waals surface area contributed by atoms with Crippen molar-refractivity contribution in [3.8, 4) is 0 Å². The van der Waals surface area contributed by atoms with Crippen molar-refractivity contribution in [2.45, 2.75) is 71.0 Å². The van der Waals surface area contributed by atoms with E-state index in [1.54, 1.807) is 0 Å². The Morgan fingerprint density at radius 3 is 2.33 bits per heavy atom. The van der Waals surface area contributed by atoms with Gasteiger partial charge in [0.1, 0.15) is 0 Å². The van der Waals surface area contributed by atoms with Crippen LogP contribution in [0.15, 0.2) is 0 Å². The molecule has 0 heterocycles. The van der Waals surface area contributed by atoms with Crippen molar-refractivity contribution in [1.82, 2.24) is 10.2 Å². The Hall–Kier alpha value is -0.0800. The summed E-state index contributed by atoms with van der Waals surface area (Å²) in [5, 5.41) is 3.34. The Labute approximate surface area is 95.4 Å². The van der Waals surface area contributed by atoms with Gasteiger partial charge in [0.05, 0.1) is 0 Å². The molecule has 2 unspecified atom stereocenters. The van der Waals surface area contributed by atoms with Gasteiger partial charge in [0.25, 0.3) is 0 Å². The van der Waals surface area contributed by atoms with Gasteiger partial charge in [0.15, 0.2) is 0 Å². The van der Waals surface area contributed by atoms with Gasteiger partial charge < -0.3 is 5.32 Å². The molecule has 0 amide bonds. The average molecular weight is 212 g/mol. The lowest BCUT2D eigenvalue weighted by Gasteiger charge is -2.34. The van der Waals surface area contributed by atoms with E-state index >= 15 is 0 Å². The van der Waals surface area contributed by atoms with Gasteiger partial charge in [-0.2, -0.15) is 0 Å². The van der Waals surface area contributed by atoms with Gasteiger partial charge in [-0.1, -0.05) is 19.8 Å². The van der Waals surface area contributed by atoms with Crippen LogP contribution in [-0.4, -0.2) is 36.6 Å². The van der Waals surface area contributed by atoms with Gasteiger partial charge >= 0.3 is 0 Å². The molecule has 2 nitrogen and oxygen atoms in total. The lowest BCUT2D eigenvalue weighted by molar-refractivity contribution is 0.140. The number of hydrogen-bond donors (Lipinski definition) is 1. The summed E-state index contributed by atoms with van der Waals surface area (Å²) in [6.45, 7) is 8.18. The Morgan fingerprint density at radius 1 is 1.27 bits per heavy atom. The maximum Gasteiger partial charge on any atom is 0.00979 e. The van der Waals surface area contributed by atoms with Crippen LogP contribution >= 0.6 is 0 Å². The molecule has 0 aliphatic heterocycles. The second-order valence-electron chi connectivity index (χ2n) is 5.04. The van der Waals surface area contributed by atoms with Crippen molar-refractivity contribution in [2.75, 3.05) is 13.6 Å². The van der Waals surface area contributed by atoms with Crippen LogP contribution in [0.2, 0.25) is 0 Å². The summed E-state index contributed by atoms with van der Waals surface area (Å²) in [5.74, 6) is 0. The second kappa shape index (κ2) is 6.49. The molecule has 2 atom stereocenters. The molecule has 15 heavy (non-hydrogen) atoms. The van der Waals surface area contributed by atoms with E-state index in [4.69, 9.17) is 0 Å². The molecule has 1 aliphatic carbocycles. The zero-order valence-corrected chi connectivity index (χ0v) is 10.9. The molecule has 1 rings (SSSR count). The van der Waals surface area contributed by atoms with Crippen LogP contribution in [0.4, 0.5) is 0 Å². The maximum absolute atomic E-state index is 3.34. The summed E-state index contributed by atoms with van der Waals surface area (Å²) < 4.78 is 0. The Balaban J connectivity index is 2.41. The highest BCUT2D eigenvalue weighted by Gasteiger charge is 2.25. The van der Waals surface area contributed by atoms with Crippen molar-refractivity contribution < 1.29 is 0 Å². The smallest absolute Gasteiger partial charge is 0.00979 e. The van der Waals surface area contributed by atoms with Gasteiger partial charge in [-0.25, -0.2) is 0 Å². The summed E-state index contributed by atoms with van der Waals surface area (Å²) in [7, 11) is 2.06. The molecule has 0 aromatic carbocycles. The highest BCUT2D eigenvalue weighted by Crippen LogP contribution is 2.25. The monoisotopic (exact) mass is 212 g/mol. The van der Waals surface area contributed by atoms with E-state index in [9.17, 15) is 0 Å². The predicted octanol–water partition coefficient (Wildman–Crippen LogP) is 2.64. The van der Waals surface area contributed by atoms with Gasteiger partial charge in [0, 0.05) is 18.1 Å². The molecule has 0 bridgehead atoms. The van der Waals surface area contributed by atoms with Crippen LogP contribution in [0.1, 0.15) is 52.9 Å². The second-order valence-corrected chi connectivity index (χ2v) is 5.04. The summed E-state index contributed by atoms with van der Waals surface area (Å²) in [6.07, 6.45) is 6.99. The van der Waals surface area contributed by atoms with E-state index in [1.807, 2.05) is 0 Å². The zero-order valence-electron chi connectivity index (χ0n) is 10.9. The standard InChI is InChI=1S/C13H28N2/c1-5-15(13-8-6-7-9-13)12(3)10-11(2)14-4/h11-14H,5-10H2,1-4H3. The van der Waals surface area contributed by atoms with Gasteiger partial charge in [0.2, 0.25) is 0 Å². The van der Waals surface area contributed by atoms with Crippen LogP contribution in [0, 0.1) is 0 Å². The minimum Gasteiger partial charge on any atom is -0.317 e. The molecular weight excluding hydrogens is 184 g/mol. The van der Waals surface area contributed by atoms with Crippen LogP contribution in [0.3, 0.4) is 0 Å². The molecule has 1 N–H and O–H groups in total. The normalized spacial score (nSPS) is 22.2. The third-order valence-electron chi connectivity index (χ3n) is 3.91. The fourth-order valence-corrected chi connectivity index (χ4v) is 2.93. The van der Waals surface area contributed by atoms with Gasteiger partial charge in [-0.3, -0.25) is 4.90 Å². The molecule has 0 radical (unpaired) electrons. The molecule has 90 valence electrons. The van der Waals surface area contributed by atoms with Crippen molar-refractivity contribution in [3.63, 3.8) is 0 Å². The summed E-state index contributed by atoms with van der Waals surface area (Å²) in [4.78, 5) is 2.71. The van der Waals surface area contributed by atoms with Crippen molar-refractivity contribution in [2.24, 2.45) is 0 Å². The number of nitrogens with zero attached hydrogens (tertiary/aromatic N) is 1. The van der Waals surface area contributed by atoms with E-state index in [1.165, 1.54) is 38.6 Å². The van der Waals surface area contributed by atoms with E-state index in [-0.39, 0.29) is 0 Å². The third-order valence-corrected chi connectivity index (χ3v) is 3.91. The highest BCUT2D eigenvalue weighted by molar-refractivity contribution is 4.81. The molecule has 0 aromatic rings. The Kier molecular flexibility index (Phi) is 5.62. The van der Waals surface area contributed by atoms with Gasteiger partial charge in [-0.15, -0.1) is 0 Å². The predicted molar refractivity (Wildman–Crippen MR) is 67.2 cm³/mol. The first-order valence-corrected chi connectivity index (χ1v) is 6.62. The van der Waals surface area contributed by atoms with Crippen LogP contribution in [0.25, 0.3) is 0 Å². The van der Waals surface area contributed by atoms with E-state index < -0.39 is 0 Å². The van der Waals surface area contributed by atoms with E-state index in [0.717, 1.165) is 12.1 Å². The van der Waals surface area contributed by atoms with Gasteiger partial charge in [-0.05, 0) is 46.7 Å². The third kappa shape index (κ3) is 3.76. The number of hydrogen-bond acceptors (Lipinski definition) is 2. The summed E-state index contributed by atoms with van der Waals surface area (Å²) in [6, 6.07) is 2.23. The minimum absolute atomic E-state index is 0.635. The molecule has 1 aliphatic rings. The fourth-order valence-electron chi connectivity index (χ4n) is 2.93. The minimum atomic E-state index is 0.635. The molecule has 1 fully saturated rings. The first-order valence-electron chi connectivity index (χ1n) is 6.62. The van der Waals surface area contributed by atoms with Crippen molar-refractivity contribution >= 4 is 0 Å². The molecule has 0 saturated heterocycles. The van der Waals surface area contributed by atoms with Crippen LogP contribution in [0.5, 0.6) is 0 Å². The molecular formula is C13H28N2. The van der Waals surface area contributed by atoms with E-state index in [2.05, 4.69) is 38.0 Å². The molecule has 0 spiro atoms. The van der Waals surface area contributed by atoms with Crippen LogP contribution < -0.4 is 5.32 Å². The lowest BCUT2D eigenvalue weighted by Crippen LogP contribution is -2.43. The summed E-state index contributed by atoms with van der Waals surface area (Å²) >= 11 is 0. The largest absolute Gasteiger partial charge is 0.317 e. The zero-order chi connectivity index (χ0) is 11.3. The average Bonchev–Trinajstić information content (AvgIpc) is 2.72. The first-order chi connectivity index (χ1) is 7.19. The fraction of sp³-hybridized carbons (Fsp3) is 1.00. The lowest BCUT2D eigenvalue weighted by atomic mass is 10.1. The highest BCUT2D eigenvalue weighted by atomic mass is 15.2. The first kappa shape index (κ1) is 13.0. The quantitative estimate of drug-likeness (QED) is 0.728. The Bertz CT molecular complexity index is 164. The molecule has 2 heteroatoms. The van der Waals surface area contributed by atoms with Crippen molar-refractivity contribution in [3.05, 3.63) is 0 Å². The number of rotatable bonds is 6. The number of nitrogens with one attached hydrogen (secondary N) is 1. The topological polar surface area (TPSA) is 15.3 Å². The maximum atomic E-state index is 3.34.